The maximum Gasteiger partial charge on any atom is 0.0812 e. The van der Waals surface area contributed by atoms with Gasteiger partial charge in [-0.1, -0.05) is 26.2 Å². The summed E-state index contributed by atoms with van der Waals surface area (Å²) in [5.74, 6) is 5.19. The Morgan fingerprint density at radius 2 is 1.82 bits per heavy atom. The molecule has 0 spiro atoms. The van der Waals surface area contributed by atoms with Gasteiger partial charge in [0, 0.05) is 0 Å². The third-order valence-electron chi connectivity index (χ3n) is 3.18. The summed E-state index contributed by atoms with van der Waals surface area (Å²) in [6, 6.07) is 0. The van der Waals surface area contributed by atoms with E-state index in [1.165, 1.54) is 32.1 Å². The molecule has 1 aliphatic rings. The van der Waals surface area contributed by atoms with Crippen LogP contribution >= 0.6 is 0 Å². The van der Waals surface area contributed by atoms with Crippen LogP contribution in [-0.4, -0.2) is 6.10 Å². The molecule has 0 aromatic rings. The molecular weight excluding hydrogens is 138 g/mol. The predicted molar refractivity (Wildman–Crippen MR) is 45.9 cm³/mol. The van der Waals surface area contributed by atoms with Gasteiger partial charge in [0.2, 0.25) is 0 Å². The minimum absolute atomic E-state index is 0.211. The highest BCUT2D eigenvalue weighted by atomic mass is 16.6. The number of hydrogen-bond donors (Lipinski definition) is 1. The Hall–Kier alpha value is -0.0800. The lowest BCUT2D eigenvalue weighted by Crippen LogP contribution is -2.35. The van der Waals surface area contributed by atoms with Gasteiger partial charge in [0.05, 0.1) is 6.10 Å². The lowest BCUT2D eigenvalue weighted by Gasteiger charge is -2.37. The molecule has 2 heteroatoms. The Morgan fingerprint density at radius 3 is 2.27 bits per heavy atom. The zero-order chi connectivity index (χ0) is 8.32. The van der Waals surface area contributed by atoms with E-state index in [0.29, 0.717) is 5.41 Å². The first-order chi connectivity index (χ1) is 5.19. The molecule has 1 unspecified atom stereocenters. The third-order valence-corrected chi connectivity index (χ3v) is 3.18. The van der Waals surface area contributed by atoms with Crippen LogP contribution in [0.3, 0.4) is 0 Å². The highest BCUT2D eigenvalue weighted by molar-refractivity contribution is 4.83. The van der Waals surface area contributed by atoms with Crippen LogP contribution in [0.1, 0.15) is 46.0 Å². The van der Waals surface area contributed by atoms with E-state index in [9.17, 15) is 0 Å². The van der Waals surface area contributed by atoms with Crippen molar-refractivity contribution in [3.63, 3.8) is 0 Å². The molecular formula is C9H19NO. The van der Waals surface area contributed by atoms with Crippen molar-refractivity contribution in [2.75, 3.05) is 0 Å². The van der Waals surface area contributed by atoms with Crippen molar-refractivity contribution in [1.29, 1.82) is 0 Å². The summed E-state index contributed by atoms with van der Waals surface area (Å²) in [5, 5.41) is 0. The van der Waals surface area contributed by atoms with Crippen LogP contribution < -0.4 is 5.90 Å². The van der Waals surface area contributed by atoms with Crippen molar-refractivity contribution in [1.82, 2.24) is 0 Å². The topological polar surface area (TPSA) is 35.2 Å². The van der Waals surface area contributed by atoms with E-state index >= 15 is 0 Å². The number of hydrogen-bond acceptors (Lipinski definition) is 2. The second-order valence-electron chi connectivity index (χ2n) is 3.99. The molecule has 0 aliphatic heterocycles. The zero-order valence-electron chi connectivity index (χ0n) is 7.60. The molecule has 1 aliphatic carbocycles. The van der Waals surface area contributed by atoms with E-state index in [1.807, 2.05) is 0 Å². The Labute approximate surface area is 69.1 Å². The van der Waals surface area contributed by atoms with Crippen LogP contribution in [0.5, 0.6) is 0 Å². The first-order valence-electron chi connectivity index (χ1n) is 4.54. The standard InChI is InChI=1S/C9H19NO/c1-8(11-10)9(2)6-4-3-5-7-9/h8H,3-7,10H2,1-2H3. The van der Waals surface area contributed by atoms with E-state index in [0.717, 1.165) is 0 Å². The summed E-state index contributed by atoms with van der Waals surface area (Å²) in [6.45, 7) is 4.36. The molecule has 1 rings (SSSR count). The molecule has 0 saturated heterocycles. The second kappa shape index (κ2) is 3.55. The molecule has 0 aromatic heterocycles. The highest BCUT2D eigenvalue weighted by Gasteiger charge is 2.32. The molecule has 1 saturated carbocycles. The van der Waals surface area contributed by atoms with Crippen LogP contribution in [0.4, 0.5) is 0 Å². The van der Waals surface area contributed by atoms with Crippen LogP contribution in [0.25, 0.3) is 0 Å². The first kappa shape index (κ1) is 9.01. The Balaban J connectivity index is 2.49. The summed E-state index contributed by atoms with van der Waals surface area (Å²) < 4.78 is 0. The van der Waals surface area contributed by atoms with E-state index in [-0.39, 0.29) is 6.10 Å². The minimum atomic E-state index is 0.211. The van der Waals surface area contributed by atoms with Gasteiger partial charge in [-0.2, -0.15) is 0 Å². The van der Waals surface area contributed by atoms with E-state index < -0.39 is 0 Å². The molecule has 1 fully saturated rings. The molecule has 0 heterocycles. The van der Waals surface area contributed by atoms with Gasteiger partial charge >= 0.3 is 0 Å². The van der Waals surface area contributed by atoms with Gasteiger partial charge in [-0.3, -0.25) is 0 Å². The second-order valence-corrected chi connectivity index (χ2v) is 3.99. The highest BCUT2D eigenvalue weighted by Crippen LogP contribution is 2.39. The number of rotatable bonds is 2. The molecule has 66 valence electrons. The van der Waals surface area contributed by atoms with Crippen molar-refractivity contribution in [2.24, 2.45) is 11.3 Å². The molecule has 0 amide bonds. The molecule has 0 bridgehead atoms. The van der Waals surface area contributed by atoms with Crippen LogP contribution in [0.15, 0.2) is 0 Å². The third kappa shape index (κ3) is 1.94. The lowest BCUT2D eigenvalue weighted by molar-refractivity contribution is -0.0405. The lowest BCUT2D eigenvalue weighted by atomic mass is 9.72. The summed E-state index contributed by atoms with van der Waals surface area (Å²) >= 11 is 0. The van der Waals surface area contributed by atoms with Crippen LogP contribution in [0.2, 0.25) is 0 Å². The minimum Gasteiger partial charge on any atom is -0.301 e. The van der Waals surface area contributed by atoms with Gasteiger partial charge in [0.1, 0.15) is 0 Å². The largest absolute Gasteiger partial charge is 0.301 e. The van der Waals surface area contributed by atoms with Crippen LogP contribution in [0, 0.1) is 5.41 Å². The molecule has 2 nitrogen and oxygen atoms in total. The monoisotopic (exact) mass is 157 g/mol. The van der Waals surface area contributed by atoms with Gasteiger partial charge in [-0.05, 0) is 25.2 Å². The maximum atomic E-state index is 5.19. The molecule has 11 heavy (non-hydrogen) atoms. The van der Waals surface area contributed by atoms with Gasteiger partial charge in [0.25, 0.3) is 0 Å². The van der Waals surface area contributed by atoms with Gasteiger partial charge < -0.3 is 4.84 Å². The van der Waals surface area contributed by atoms with E-state index in [4.69, 9.17) is 10.7 Å². The van der Waals surface area contributed by atoms with Gasteiger partial charge in [0.15, 0.2) is 0 Å². The molecule has 0 radical (unpaired) electrons. The average Bonchev–Trinajstić information content (AvgIpc) is 2.04. The summed E-state index contributed by atoms with van der Waals surface area (Å²) in [5.41, 5.74) is 0.340. The first-order valence-corrected chi connectivity index (χ1v) is 4.54. The summed E-state index contributed by atoms with van der Waals surface area (Å²) in [7, 11) is 0. The van der Waals surface area contributed by atoms with Gasteiger partial charge in [-0.15, -0.1) is 0 Å². The summed E-state index contributed by atoms with van der Waals surface area (Å²) in [4.78, 5) is 4.89. The van der Waals surface area contributed by atoms with Crippen molar-refractivity contribution in [3.05, 3.63) is 0 Å². The number of nitrogens with two attached hydrogens (primary N) is 1. The van der Waals surface area contributed by atoms with Crippen molar-refractivity contribution in [3.8, 4) is 0 Å². The average molecular weight is 157 g/mol. The summed E-state index contributed by atoms with van der Waals surface area (Å²) in [6.07, 6.45) is 6.81. The quantitative estimate of drug-likeness (QED) is 0.624. The van der Waals surface area contributed by atoms with Gasteiger partial charge in [-0.25, -0.2) is 5.90 Å². The Kier molecular flexibility index (Phi) is 2.90. The fourth-order valence-electron chi connectivity index (χ4n) is 1.93. The predicted octanol–water partition coefficient (Wildman–Crippen LogP) is 2.24. The molecule has 0 aromatic carbocycles. The smallest absolute Gasteiger partial charge is 0.0812 e. The van der Waals surface area contributed by atoms with Crippen molar-refractivity contribution < 1.29 is 4.84 Å². The Bertz CT molecular complexity index is 119. The molecule has 1 atom stereocenters. The molecule has 2 N–H and O–H groups in total. The van der Waals surface area contributed by atoms with Crippen LogP contribution in [-0.2, 0) is 4.84 Å². The fourth-order valence-corrected chi connectivity index (χ4v) is 1.93. The van der Waals surface area contributed by atoms with E-state index in [1.54, 1.807) is 0 Å². The SMILES string of the molecule is CC(ON)C1(C)CCCCC1. The maximum absolute atomic E-state index is 5.19. The zero-order valence-corrected chi connectivity index (χ0v) is 7.60. The van der Waals surface area contributed by atoms with Crippen molar-refractivity contribution >= 4 is 0 Å². The fraction of sp³-hybridized carbons (Fsp3) is 1.00. The normalized spacial score (nSPS) is 26.5. The van der Waals surface area contributed by atoms with E-state index in [2.05, 4.69) is 13.8 Å². The Morgan fingerprint density at radius 1 is 1.27 bits per heavy atom. The van der Waals surface area contributed by atoms with Crippen molar-refractivity contribution in [2.45, 2.75) is 52.1 Å².